The molecule has 1 N–H and O–H groups in total. The average molecular weight is 315 g/mol. The first-order valence-corrected chi connectivity index (χ1v) is 7.28. The van der Waals surface area contributed by atoms with Gasteiger partial charge in [-0.1, -0.05) is 18.2 Å². The van der Waals surface area contributed by atoms with Crippen molar-refractivity contribution in [2.24, 2.45) is 0 Å². The van der Waals surface area contributed by atoms with Crippen molar-refractivity contribution in [1.29, 1.82) is 0 Å². The van der Waals surface area contributed by atoms with Gasteiger partial charge in [-0.2, -0.15) is 0 Å². The van der Waals surface area contributed by atoms with Crippen LogP contribution in [0.5, 0.6) is 0 Å². The van der Waals surface area contributed by atoms with E-state index in [1.54, 1.807) is 39.0 Å². The second-order valence-electron chi connectivity index (χ2n) is 5.09. The maximum absolute atomic E-state index is 12.8. The van der Waals surface area contributed by atoms with Crippen LogP contribution in [-0.2, 0) is 4.74 Å². The lowest BCUT2D eigenvalue weighted by Gasteiger charge is -2.02. The summed E-state index contributed by atoms with van der Waals surface area (Å²) in [5.74, 6) is -1.03. The van der Waals surface area contributed by atoms with E-state index in [0.29, 0.717) is 28.1 Å². The van der Waals surface area contributed by atoms with Crippen LogP contribution in [0.25, 0.3) is 6.08 Å². The predicted molar refractivity (Wildman–Crippen MR) is 86.0 cm³/mol. The van der Waals surface area contributed by atoms with Crippen molar-refractivity contribution < 1.29 is 18.7 Å². The van der Waals surface area contributed by atoms with Gasteiger partial charge in [0.15, 0.2) is 0 Å². The first-order valence-electron chi connectivity index (χ1n) is 7.28. The minimum Gasteiger partial charge on any atom is -0.462 e. The summed E-state index contributed by atoms with van der Waals surface area (Å²) in [6.07, 6.45) is 2.99. The Morgan fingerprint density at radius 3 is 2.48 bits per heavy atom. The fourth-order valence-electron chi connectivity index (χ4n) is 2.33. The Morgan fingerprint density at radius 1 is 1.22 bits per heavy atom. The van der Waals surface area contributed by atoms with Crippen LogP contribution in [0.2, 0.25) is 0 Å². The molecule has 0 amide bonds. The van der Waals surface area contributed by atoms with E-state index in [1.165, 1.54) is 18.2 Å². The van der Waals surface area contributed by atoms with Crippen molar-refractivity contribution >= 4 is 17.8 Å². The molecule has 5 heteroatoms. The highest BCUT2D eigenvalue weighted by atomic mass is 19.1. The number of aromatic amines is 1. The smallest absolute Gasteiger partial charge is 0.340 e. The fraction of sp³-hybridized carbons (Fsp3) is 0.222. The van der Waals surface area contributed by atoms with E-state index in [9.17, 15) is 14.0 Å². The molecule has 0 atom stereocenters. The van der Waals surface area contributed by atoms with Gasteiger partial charge in [-0.25, -0.2) is 9.18 Å². The molecular formula is C18H18FNO3. The highest BCUT2D eigenvalue weighted by molar-refractivity contribution is 6.08. The zero-order chi connectivity index (χ0) is 17.0. The standard InChI is InChI=1S/C18H18FNO3/c1-4-23-18(22)16-11(2)17(20-12(16)3)15(21)10-7-13-5-8-14(19)9-6-13/h5-10,20H,4H2,1-3H3/b10-7+. The second kappa shape index (κ2) is 7.05. The van der Waals surface area contributed by atoms with Gasteiger partial charge in [-0.3, -0.25) is 4.79 Å². The highest BCUT2D eigenvalue weighted by Crippen LogP contribution is 2.20. The number of aryl methyl sites for hydroxylation is 1. The molecule has 0 unspecified atom stereocenters. The summed E-state index contributed by atoms with van der Waals surface area (Å²) in [6.45, 7) is 5.43. The van der Waals surface area contributed by atoms with Gasteiger partial charge in [0, 0.05) is 5.69 Å². The van der Waals surface area contributed by atoms with Crippen LogP contribution in [0.3, 0.4) is 0 Å². The Balaban J connectivity index is 2.24. The molecule has 0 aliphatic heterocycles. The number of hydrogen-bond acceptors (Lipinski definition) is 3. The molecule has 2 rings (SSSR count). The van der Waals surface area contributed by atoms with E-state index in [0.717, 1.165) is 0 Å². The zero-order valence-electron chi connectivity index (χ0n) is 13.3. The van der Waals surface area contributed by atoms with Crippen LogP contribution in [0.15, 0.2) is 30.3 Å². The molecule has 0 bridgehead atoms. The molecule has 0 radical (unpaired) electrons. The lowest BCUT2D eigenvalue weighted by molar-refractivity contribution is 0.0525. The Morgan fingerprint density at radius 2 is 1.87 bits per heavy atom. The Labute approximate surface area is 134 Å². The number of aromatic nitrogens is 1. The quantitative estimate of drug-likeness (QED) is 0.518. The number of ketones is 1. The van der Waals surface area contributed by atoms with Crippen molar-refractivity contribution in [3.63, 3.8) is 0 Å². The lowest BCUT2D eigenvalue weighted by Crippen LogP contribution is -2.07. The van der Waals surface area contributed by atoms with Crippen molar-refractivity contribution in [3.05, 3.63) is 64.2 Å². The number of carbonyl (C=O) groups excluding carboxylic acids is 2. The first-order chi connectivity index (χ1) is 10.9. The lowest BCUT2D eigenvalue weighted by atomic mass is 10.1. The van der Waals surface area contributed by atoms with Crippen molar-refractivity contribution in [2.75, 3.05) is 6.61 Å². The van der Waals surface area contributed by atoms with E-state index in [-0.39, 0.29) is 18.2 Å². The molecule has 1 heterocycles. The summed E-state index contributed by atoms with van der Waals surface area (Å²) < 4.78 is 17.8. The SMILES string of the molecule is CCOC(=O)c1c(C)[nH]c(C(=O)/C=C/c2ccc(F)cc2)c1C. The zero-order valence-corrected chi connectivity index (χ0v) is 13.3. The number of benzene rings is 1. The molecule has 120 valence electrons. The summed E-state index contributed by atoms with van der Waals surface area (Å²) in [5, 5.41) is 0. The summed E-state index contributed by atoms with van der Waals surface area (Å²) in [5.41, 5.74) is 2.62. The van der Waals surface area contributed by atoms with Crippen molar-refractivity contribution in [2.45, 2.75) is 20.8 Å². The normalized spacial score (nSPS) is 11.0. The monoisotopic (exact) mass is 315 g/mol. The molecule has 1 aromatic carbocycles. The highest BCUT2D eigenvalue weighted by Gasteiger charge is 2.21. The van der Waals surface area contributed by atoms with E-state index in [2.05, 4.69) is 4.98 Å². The topological polar surface area (TPSA) is 59.2 Å². The summed E-state index contributed by atoms with van der Waals surface area (Å²) in [4.78, 5) is 27.2. The van der Waals surface area contributed by atoms with Crippen LogP contribution < -0.4 is 0 Å². The third kappa shape index (κ3) is 3.74. The van der Waals surface area contributed by atoms with Crippen LogP contribution >= 0.6 is 0 Å². The maximum atomic E-state index is 12.8. The van der Waals surface area contributed by atoms with Gasteiger partial charge < -0.3 is 9.72 Å². The molecule has 0 saturated carbocycles. The summed E-state index contributed by atoms with van der Waals surface area (Å²) in [7, 11) is 0. The van der Waals surface area contributed by atoms with Crippen LogP contribution in [-0.4, -0.2) is 23.3 Å². The number of rotatable bonds is 5. The van der Waals surface area contributed by atoms with Gasteiger partial charge >= 0.3 is 5.97 Å². The second-order valence-corrected chi connectivity index (χ2v) is 5.09. The molecular weight excluding hydrogens is 297 g/mol. The third-order valence-corrected chi connectivity index (χ3v) is 3.46. The van der Waals surface area contributed by atoms with Crippen molar-refractivity contribution in [1.82, 2.24) is 4.98 Å². The maximum Gasteiger partial charge on any atom is 0.340 e. The Bertz CT molecular complexity index is 757. The molecule has 0 aliphatic carbocycles. The Kier molecular flexibility index (Phi) is 5.11. The number of ether oxygens (including phenoxy) is 1. The van der Waals surface area contributed by atoms with Gasteiger partial charge in [0.25, 0.3) is 0 Å². The van der Waals surface area contributed by atoms with Gasteiger partial charge in [0.05, 0.1) is 17.9 Å². The van der Waals surface area contributed by atoms with Crippen LogP contribution in [0.4, 0.5) is 4.39 Å². The molecule has 0 aliphatic rings. The number of esters is 1. The number of H-pyrrole nitrogens is 1. The Hall–Kier alpha value is -2.69. The van der Waals surface area contributed by atoms with E-state index in [4.69, 9.17) is 4.74 Å². The van der Waals surface area contributed by atoms with E-state index >= 15 is 0 Å². The molecule has 4 nitrogen and oxygen atoms in total. The molecule has 1 aromatic heterocycles. The van der Waals surface area contributed by atoms with Gasteiger partial charge in [-0.15, -0.1) is 0 Å². The molecule has 2 aromatic rings. The van der Waals surface area contributed by atoms with Crippen molar-refractivity contribution in [3.8, 4) is 0 Å². The van der Waals surface area contributed by atoms with Gasteiger partial charge in [0.2, 0.25) is 5.78 Å². The van der Waals surface area contributed by atoms with E-state index in [1.807, 2.05) is 0 Å². The summed E-state index contributed by atoms with van der Waals surface area (Å²) >= 11 is 0. The minimum atomic E-state index is -0.444. The number of hydrogen-bond donors (Lipinski definition) is 1. The molecule has 23 heavy (non-hydrogen) atoms. The molecule has 0 spiro atoms. The minimum absolute atomic E-state index is 0.259. The first kappa shape index (κ1) is 16.7. The van der Waals surface area contributed by atoms with Crippen LogP contribution in [0, 0.1) is 19.7 Å². The number of nitrogens with one attached hydrogen (secondary N) is 1. The summed E-state index contributed by atoms with van der Waals surface area (Å²) in [6, 6.07) is 5.81. The number of allylic oxidation sites excluding steroid dienone is 1. The molecule has 0 fully saturated rings. The molecule has 0 saturated heterocycles. The number of carbonyl (C=O) groups is 2. The third-order valence-electron chi connectivity index (χ3n) is 3.46. The van der Waals surface area contributed by atoms with E-state index < -0.39 is 5.97 Å². The van der Waals surface area contributed by atoms with Gasteiger partial charge in [-0.05, 0) is 50.1 Å². The predicted octanol–water partition coefficient (Wildman–Crippen LogP) is 3.84. The average Bonchev–Trinajstić information content (AvgIpc) is 2.81. The van der Waals surface area contributed by atoms with Crippen LogP contribution in [0.1, 0.15) is 44.6 Å². The fourth-order valence-corrected chi connectivity index (χ4v) is 2.33. The number of halogens is 1. The van der Waals surface area contributed by atoms with Gasteiger partial charge in [0.1, 0.15) is 5.82 Å². The largest absolute Gasteiger partial charge is 0.462 e.